The molecule has 0 spiro atoms. The van der Waals surface area contributed by atoms with Gasteiger partial charge in [0.15, 0.2) is 0 Å². The summed E-state index contributed by atoms with van der Waals surface area (Å²) in [5.74, 6) is 1.35. The highest BCUT2D eigenvalue weighted by Crippen LogP contribution is 2.63. The molecule has 4 fully saturated rings. The fourth-order valence-corrected chi connectivity index (χ4v) is 6.39. The van der Waals surface area contributed by atoms with Crippen LogP contribution < -0.4 is 10.6 Å². The molecular formula is C20H25ClN2O2. The van der Waals surface area contributed by atoms with Crippen LogP contribution in [0.4, 0.5) is 5.69 Å². The van der Waals surface area contributed by atoms with Gasteiger partial charge in [-0.1, -0.05) is 12.1 Å². The maximum Gasteiger partial charge on any atom is 0.226 e. The second-order valence-corrected chi connectivity index (χ2v) is 9.25. The Morgan fingerprint density at radius 1 is 1.12 bits per heavy atom. The molecule has 2 unspecified atom stereocenters. The molecule has 0 heterocycles. The average molecular weight is 361 g/mol. The second kappa shape index (κ2) is 6.01. The van der Waals surface area contributed by atoms with Crippen molar-refractivity contribution < 1.29 is 9.59 Å². The first-order valence-electron chi connectivity index (χ1n) is 9.20. The van der Waals surface area contributed by atoms with Crippen molar-refractivity contribution in [1.29, 1.82) is 0 Å². The smallest absolute Gasteiger partial charge is 0.226 e. The van der Waals surface area contributed by atoms with Crippen molar-refractivity contribution in [2.24, 2.45) is 17.3 Å². The molecule has 134 valence electrons. The zero-order chi connectivity index (χ0) is 17.7. The van der Waals surface area contributed by atoms with Crippen LogP contribution in [0.2, 0.25) is 0 Å². The van der Waals surface area contributed by atoms with Crippen LogP contribution in [0.1, 0.15) is 51.0 Å². The Labute approximate surface area is 153 Å². The van der Waals surface area contributed by atoms with Crippen molar-refractivity contribution in [1.82, 2.24) is 5.32 Å². The average Bonchev–Trinajstić information content (AvgIpc) is 2.51. The van der Waals surface area contributed by atoms with Gasteiger partial charge < -0.3 is 10.6 Å². The third kappa shape index (κ3) is 3.29. The van der Waals surface area contributed by atoms with E-state index in [1.54, 1.807) is 0 Å². The molecule has 2 amide bonds. The molecule has 0 aliphatic heterocycles. The monoisotopic (exact) mass is 360 g/mol. The van der Waals surface area contributed by atoms with E-state index >= 15 is 0 Å². The number of carbonyl (C=O) groups excluding carboxylic acids is 2. The molecular weight excluding hydrogens is 336 g/mol. The molecule has 5 heteroatoms. The summed E-state index contributed by atoms with van der Waals surface area (Å²) < 4.78 is 0. The highest BCUT2D eigenvalue weighted by Gasteiger charge is 2.59. The summed E-state index contributed by atoms with van der Waals surface area (Å²) in [7, 11) is 0. The number of rotatable bonds is 4. The van der Waals surface area contributed by atoms with Gasteiger partial charge in [-0.3, -0.25) is 9.59 Å². The predicted molar refractivity (Wildman–Crippen MR) is 98.3 cm³/mol. The Kier molecular flexibility index (Phi) is 4.06. The fourth-order valence-electron chi connectivity index (χ4n) is 5.70. The van der Waals surface area contributed by atoms with Gasteiger partial charge in [0.05, 0.1) is 5.41 Å². The SMILES string of the molecule is CC(=O)Nc1ccc(CNC(=O)C23CC4CC(CC(Cl)(C4)C2)C3)cc1. The topological polar surface area (TPSA) is 58.2 Å². The van der Waals surface area contributed by atoms with Crippen LogP contribution in [0.5, 0.6) is 0 Å². The van der Waals surface area contributed by atoms with Gasteiger partial charge in [-0.25, -0.2) is 0 Å². The van der Waals surface area contributed by atoms with Crippen molar-refractivity contribution in [2.45, 2.75) is 56.9 Å². The molecule has 4 bridgehead atoms. The van der Waals surface area contributed by atoms with Crippen molar-refractivity contribution in [2.75, 3.05) is 5.32 Å². The minimum absolute atomic E-state index is 0.0853. The Hall–Kier alpha value is -1.55. The summed E-state index contributed by atoms with van der Waals surface area (Å²) in [6.07, 6.45) is 6.28. The summed E-state index contributed by atoms with van der Waals surface area (Å²) in [6, 6.07) is 7.60. The van der Waals surface area contributed by atoms with Crippen LogP contribution in [-0.2, 0) is 16.1 Å². The molecule has 2 N–H and O–H groups in total. The quantitative estimate of drug-likeness (QED) is 0.801. The Balaban J connectivity index is 1.40. The van der Waals surface area contributed by atoms with Crippen molar-refractivity contribution in [3.8, 4) is 0 Å². The highest BCUT2D eigenvalue weighted by atomic mass is 35.5. The molecule has 4 aliphatic carbocycles. The van der Waals surface area contributed by atoms with E-state index in [0.29, 0.717) is 18.4 Å². The third-order valence-corrected chi connectivity index (χ3v) is 6.64. The molecule has 0 radical (unpaired) electrons. The van der Waals surface area contributed by atoms with Crippen LogP contribution in [0, 0.1) is 17.3 Å². The molecule has 4 aliphatic rings. The van der Waals surface area contributed by atoms with E-state index in [9.17, 15) is 9.59 Å². The minimum Gasteiger partial charge on any atom is -0.352 e. The van der Waals surface area contributed by atoms with Crippen molar-refractivity contribution >= 4 is 29.1 Å². The largest absolute Gasteiger partial charge is 0.352 e. The van der Waals surface area contributed by atoms with Gasteiger partial charge in [-0.15, -0.1) is 11.6 Å². The number of halogens is 1. The van der Waals surface area contributed by atoms with Crippen LogP contribution >= 0.6 is 11.6 Å². The third-order valence-electron chi connectivity index (χ3n) is 6.20. The van der Waals surface area contributed by atoms with Gasteiger partial charge in [0.25, 0.3) is 0 Å². The van der Waals surface area contributed by atoms with E-state index in [4.69, 9.17) is 11.6 Å². The molecule has 5 rings (SSSR count). The standard InChI is InChI=1S/C20H25ClN2O2/c1-13(24)23-17-4-2-14(3-5-17)11-22-18(25)19-7-15-6-16(8-19)10-20(21,9-15)12-19/h2-5,15-16H,6-12H2,1H3,(H,22,25)(H,23,24). The van der Waals surface area contributed by atoms with Crippen molar-refractivity contribution in [3.05, 3.63) is 29.8 Å². The molecule has 25 heavy (non-hydrogen) atoms. The first-order valence-corrected chi connectivity index (χ1v) is 9.57. The number of carbonyl (C=O) groups is 2. The Bertz CT molecular complexity index is 686. The maximum absolute atomic E-state index is 13.0. The van der Waals surface area contributed by atoms with E-state index in [1.165, 1.54) is 13.3 Å². The second-order valence-electron chi connectivity index (χ2n) is 8.45. The van der Waals surface area contributed by atoms with Gasteiger partial charge in [-0.05, 0) is 68.1 Å². The number of anilines is 1. The summed E-state index contributed by atoms with van der Waals surface area (Å²) >= 11 is 6.83. The number of alkyl halides is 1. The molecule has 1 aromatic rings. The number of nitrogens with one attached hydrogen (secondary N) is 2. The summed E-state index contributed by atoms with van der Waals surface area (Å²) in [5, 5.41) is 5.90. The lowest BCUT2D eigenvalue weighted by Gasteiger charge is -2.59. The first kappa shape index (κ1) is 16.9. The normalized spacial score (nSPS) is 35.4. The van der Waals surface area contributed by atoms with Crippen molar-refractivity contribution in [3.63, 3.8) is 0 Å². The Morgan fingerprint density at radius 3 is 2.32 bits per heavy atom. The molecule has 1 aromatic carbocycles. The molecule has 0 saturated heterocycles. The van der Waals surface area contributed by atoms with E-state index in [1.807, 2.05) is 24.3 Å². The van der Waals surface area contributed by atoms with Gasteiger partial charge in [0.2, 0.25) is 11.8 Å². The van der Waals surface area contributed by atoms with Gasteiger partial charge in [0.1, 0.15) is 0 Å². The zero-order valence-corrected chi connectivity index (χ0v) is 15.4. The summed E-state index contributed by atoms with van der Waals surface area (Å²) in [5.41, 5.74) is 1.56. The number of hydrogen-bond acceptors (Lipinski definition) is 2. The number of amides is 2. The number of hydrogen-bond donors (Lipinski definition) is 2. The lowest BCUT2D eigenvalue weighted by molar-refractivity contribution is -0.144. The molecule has 0 aromatic heterocycles. The first-order chi connectivity index (χ1) is 11.9. The fraction of sp³-hybridized carbons (Fsp3) is 0.600. The van der Waals surface area contributed by atoms with E-state index < -0.39 is 0 Å². The molecule has 2 atom stereocenters. The molecule has 4 nitrogen and oxygen atoms in total. The highest BCUT2D eigenvalue weighted by molar-refractivity contribution is 6.24. The van der Waals surface area contributed by atoms with E-state index in [2.05, 4.69) is 10.6 Å². The van der Waals surface area contributed by atoms with Gasteiger partial charge in [-0.2, -0.15) is 0 Å². The lowest BCUT2D eigenvalue weighted by Crippen LogP contribution is -2.58. The summed E-state index contributed by atoms with van der Waals surface area (Å²) in [4.78, 5) is 23.9. The van der Waals surface area contributed by atoms with Crippen LogP contribution in [-0.4, -0.2) is 16.7 Å². The lowest BCUT2D eigenvalue weighted by atomic mass is 9.49. The Morgan fingerprint density at radius 2 is 1.76 bits per heavy atom. The predicted octanol–water partition coefficient (Wildman–Crippen LogP) is 3.84. The number of benzene rings is 1. The zero-order valence-electron chi connectivity index (χ0n) is 14.6. The van der Waals surface area contributed by atoms with Crippen LogP contribution in [0.3, 0.4) is 0 Å². The maximum atomic E-state index is 13.0. The van der Waals surface area contributed by atoms with E-state index in [-0.39, 0.29) is 22.1 Å². The van der Waals surface area contributed by atoms with Crippen LogP contribution in [0.25, 0.3) is 0 Å². The molecule has 4 saturated carbocycles. The minimum atomic E-state index is -0.248. The van der Waals surface area contributed by atoms with Gasteiger partial charge in [0, 0.05) is 24.0 Å². The van der Waals surface area contributed by atoms with E-state index in [0.717, 1.165) is 43.4 Å². The van der Waals surface area contributed by atoms with Crippen LogP contribution in [0.15, 0.2) is 24.3 Å². The van der Waals surface area contributed by atoms with Gasteiger partial charge >= 0.3 is 0 Å². The summed E-state index contributed by atoms with van der Waals surface area (Å²) in [6.45, 7) is 2.01.